The van der Waals surface area contributed by atoms with Crippen LogP contribution in [0, 0.1) is 0 Å². The zero-order chi connectivity index (χ0) is 9.36. The van der Waals surface area contributed by atoms with Crippen LogP contribution in [0.1, 0.15) is 25.7 Å². The molecule has 0 radical (unpaired) electrons. The van der Waals surface area contributed by atoms with Gasteiger partial charge in [-0.3, -0.25) is 0 Å². The van der Waals surface area contributed by atoms with Crippen molar-refractivity contribution in [1.29, 1.82) is 0 Å². The van der Waals surface area contributed by atoms with Gasteiger partial charge in [0.15, 0.2) is 0 Å². The zero-order valence-corrected chi connectivity index (χ0v) is 8.47. The van der Waals surface area contributed by atoms with Gasteiger partial charge in [0.2, 0.25) is 0 Å². The number of unbranched alkanes of at least 4 members (excludes halogenated alkanes) is 3. The Morgan fingerprint density at radius 2 is 1.69 bits per heavy atom. The lowest BCUT2D eigenvalue weighted by atomic mass is 10.2. The molecule has 78 valence electrons. The van der Waals surface area contributed by atoms with Crippen molar-refractivity contribution in [3.05, 3.63) is 0 Å². The van der Waals surface area contributed by atoms with E-state index in [1.165, 1.54) is 38.9 Å². The molecule has 3 heteroatoms. The van der Waals surface area contributed by atoms with Crippen molar-refractivity contribution in [2.75, 3.05) is 39.3 Å². The minimum Gasteiger partial charge on any atom is -0.396 e. The third kappa shape index (κ3) is 5.24. The Balaban J connectivity index is 1.86. The molecule has 0 aromatic carbocycles. The smallest absolute Gasteiger partial charge is 0.0431 e. The Kier molecular flexibility index (Phi) is 6.15. The average molecular weight is 186 g/mol. The van der Waals surface area contributed by atoms with Crippen LogP contribution in [-0.2, 0) is 0 Å². The summed E-state index contributed by atoms with van der Waals surface area (Å²) in [7, 11) is 0. The molecule has 0 atom stereocenters. The highest BCUT2D eigenvalue weighted by Gasteiger charge is 2.07. The summed E-state index contributed by atoms with van der Waals surface area (Å²) in [5, 5.41) is 11.9. The van der Waals surface area contributed by atoms with Gasteiger partial charge in [-0.2, -0.15) is 0 Å². The van der Waals surface area contributed by atoms with E-state index in [9.17, 15) is 0 Å². The van der Waals surface area contributed by atoms with Crippen molar-refractivity contribution in [3.8, 4) is 0 Å². The van der Waals surface area contributed by atoms with Gasteiger partial charge in [-0.15, -0.1) is 0 Å². The lowest BCUT2D eigenvalue weighted by molar-refractivity contribution is 0.233. The molecule has 1 heterocycles. The van der Waals surface area contributed by atoms with E-state index in [2.05, 4.69) is 10.2 Å². The molecule has 0 spiro atoms. The van der Waals surface area contributed by atoms with E-state index in [1.54, 1.807) is 0 Å². The van der Waals surface area contributed by atoms with Gasteiger partial charge in [-0.25, -0.2) is 0 Å². The van der Waals surface area contributed by atoms with Gasteiger partial charge >= 0.3 is 0 Å². The Bertz CT molecular complexity index is 113. The molecular formula is C10H22N2O. The summed E-state index contributed by atoms with van der Waals surface area (Å²) in [5.41, 5.74) is 0. The highest BCUT2D eigenvalue weighted by atomic mass is 16.2. The fourth-order valence-electron chi connectivity index (χ4n) is 1.74. The summed E-state index contributed by atoms with van der Waals surface area (Å²) in [5.74, 6) is 0. The Hall–Kier alpha value is -0.120. The van der Waals surface area contributed by atoms with Gasteiger partial charge in [0, 0.05) is 32.8 Å². The third-order valence-electron chi connectivity index (χ3n) is 2.59. The first-order valence-corrected chi connectivity index (χ1v) is 5.47. The van der Waals surface area contributed by atoms with Crippen LogP contribution in [0.5, 0.6) is 0 Å². The molecule has 2 N–H and O–H groups in total. The standard InChI is InChI=1S/C10H22N2O/c13-10-4-2-1-3-7-12-8-5-11-6-9-12/h11,13H,1-10H2. The predicted octanol–water partition coefficient (Wildman–Crippen LogP) is 0.444. The molecule has 0 saturated carbocycles. The zero-order valence-electron chi connectivity index (χ0n) is 8.47. The average Bonchev–Trinajstić information content (AvgIpc) is 2.19. The molecule has 13 heavy (non-hydrogen) atoms. The fraction of sp³-hybridized carbons (Fsp3) is 1.00. The molecule has 1 rings (SSSR count). The second-order valence-corrected chi connectivity index (χ2v) is 3.73. The van der Waals surface area contributed by atoms with Crippen LogP contribution >= 0.6 is 0 Å². The molecule has 1 fully saturated rings. The summed E-state index contributed by atoms with van der Waals surface area (Å²) in [6.45, 7) is 6.31. The van der Waals surface area contributed by atoms with Crippen molar-refractivity contribution >= 4 is 0 Å². The molecule has 1 saturated heterocycles. The highest BCUT2D eigenvalue weighted by molar-refractivity contribution is 4.66. The quantitative estimate of drug-likeness (QED) is 0.591. The number of hydrogen-bond donors (Lipinski definition) is 2. The maximum atomic E-state index is 8.60. The molecular weight excluding hydrogens is 164 g/mol. The van der Waals surface area contributed by atoms with Crippen molar-refractivity contribution in [2.24, 2.45) is 0 Å². The molecule has 0 bridgehead atoms. The first kappa shape index (κ1) is 11.0. The SMILES string of the molecule is OCCCCCCN1CCNCC1. The topological polar surface area (TPSA) is 35.5 Å². The van der Waals surface area contributed by atoms with E-state index in [0.29, 0.717) is 6.61 Å². The second kappa shape index (κ2) is 7.30. The Morgan fingerprint density at radius 3 is 2.38 bits per heavy atom. The van der Waals surface area contributed by atoms with Gasteiger partial charge in [0.05, 0.1) is 0 Å². The van der Waals surface area contributed by atoms with E-state index in [0.717, 1.165) is 19.5 Å². The van der Waals surface area contributed by atoms with E-state index >= 15 is 0 Å². The summed E-state index contributed by atoms with van der Waals surface area (Å²) < 4.78 is 0. The first-order chi connectivity index (χ1) is 6.43. The highest BCUT2D eigenvalue weighted by Crippen LogP contribution is 2.02. The van der Waals surface area contributed by atoms with E-state index in [4.69, 9.17) is 5.11 Å². The van der Waals surface area contributed by atoms with Crippen molar-refractivity contribution in [1.82, 2.24) is 10.2 Å². The monoisotopic (exact) mass is 186 g/mol. The third-order valence-corrected chi connectivity index (χ3v) is 2.59. The van der Waals surface area contributed by atoms with Crippen LogP contribution < -0.4 is 5.32 Å². The molecule has 0 aliphatic carbocycles. The van der Waals surface area contributed by atoms with Gasteiger partial charge < -0.3 is 15.3 Å². The van der Waals surface area contributed by atoms with Crippen LogP contribution in [0.3, 0.4) is 0 Å². The molecule has 1 aliphatic heterocycles. The van der Waals surface area contributed by atoms with Crippen LogP contribution in [0.15, 0.2) is 0 Å². The molecule has 3 nitrogen and oxygen atoms in total. The molecule has 0 aromatic rings. The second-order valence-electron chi connectivity index (χ2n) is 3.73. The normalized spacial score (nSPS) is 19.2. The largest absolute Gasteiger partial charge is 0.396 e. The molecule has 0 aromatic heterocycles. The maximum Gasteiger partial charge on any atom is 0.0431 e. The van der Waals surface area contributed by atoms with Crippen LogP contribution in [0.4, 0.5) is 0 Å². The summed E-state index contributed by atoms with van der Waals surface area (Å²) in [6.07, 6.45) is 4.72. The summed E-state index contributed by atoms with van der Waals surface area (Å²) in [6, 6.07) is 0. The van der Waals surface area contributed by atoms with Gasteiger partial charge in [-0.05, 0) is 19.4 Å². The van der Waals surface area contributed by atoms with Crippen LogP contribution in [0.2, 0.25) is 0 Å². The predicted molar refractivity (Wildman–Crippen MR) is 54.9 cm³/mol. The number of rotatable bonds is 6. The number of nitrogens with zero attached hydrogens (tertiary/aromatic N) is 1. The Morgan fingerprint density at radius 1 is 1.00 bits per heavy atom. The van der Waals surface area contributed by atoms with E-state index < -0.39 is 0 Å². The Labute approximate surface area is 81.1 Å². The molecule has 1 aliphatic rings. The first-order valence-electron chi connectivity index (χ1n) is 5.47. The minimum absolute atomic E-state index is 0.355. The van der Waals surface area contributed by atoms with Crippen molar-refractivity contribution in [2.45, 2.75) is 25.7 Å². The summed E-state index contributed by atoms with van der Waals surface area (Å²) >= 11 is 0. The van der Waals surface area contributed by atoms with E-state index in [-0.39, 0.29) is 0 Å². The van der Waals surface area contributed by atoms with Crippen LogP contribution in [-0.4, -0.2) is 49.3 Å². The van der Waals surface area contributed by atoms with Crippen molar-refractivity contribution in [3.63, 3.8) is 0 Å². The summed E-state index contributed by atoms with van der Waals surface area (Å²) in [4.78, 5) is 2.52. The fourth-order valence-corrected chi connectivity index (χ4v) is 1.74. The van der Waals surface area contributed by atoms with Crippen molar-refractivity contribution < 1.29 is 5.11 Å². The van der Waals surface area contributed by atoms with Gasteiger partial charge in [-0.1, -0.05) is 12.8 Å². The number of aliphatic hydroxyl groups excluding tert-OH is 1. The maximum absolute atomic E-state index is 8.60. The van der Waals surface area contributed by atoms with E-state index in [1.807, 2.05) is 0 Å². The number of hydrogen-bond acceptors (Lipinski definition) is 3. The van der Waals surface area contributed by atoms with Gasteiger partial charge in [0.25, 0.3) is 0 Å². The lowest BCUT2D eigenvalue weighted by Gasteiger charge is -2.26. The number of aliphatic hydroxyl groups is 1. The molecule has 0 unspecified atom stereocenters. The number of piperazine rings is 1. The lowest BCUT2D eigenvalue weighted by Crippen LogP contribution is -2.43. The number of nitrogens with one attached hydrogen (secondary N) is 1. The minimum atomic E-state index is 0.355. The molecule has 0 amide bonds. The van der Waals surface area contributed by atoms with Gasteiger partial charge in [0.1, 0.15) is 0 Å². The van der Waals surface area contributed by atoms with Crippen LogP contribution in [0.25, 0.3) is 0 Å².